The minimum atomic E-state index is -0.452. The van der Waals surface area contributed by atoms with Gasteiger partial charge in [-0.1, -0.05) is 60.7 Å². The second-order valence-electron chi connectivity index (χ2n) is 11.3. The molecule has 0 radical (unpaired) electrons. The van der Waals surface area contributed by atoms with E-state index in [-0.39, 0.29) is 30.2 Å². The van der Waals surface area contributed by atoms with Gasteiger partial charge in [0.1, 0.15) is 11.9 Å². The van der Waals surface area contributed by atoms with Gasteiger partial charge in [-0.3, -0.25) is 14.9 Å². The average molecular weight is 616 g/mol. The molecule has 0 aromatic heterocycles. The molecule has 1 heterocycles. The number of nitrogens with one attached hydrogen (secondary N) is 2. The van der Waals surface area contributed by atoms with Crippen molar-refractivity contribution in [3.05, 3.63) is 84.4 Å². The van der Waals surface area contributed by atoms with Crippen LogP contribution in [0.25, 0.3) is 11.1 Å². The SMILES string of the molecule is NCC(=O)N(CCCCCNC(=O)CCN1CCC(OC(=O)Nc2ccccc2-c2ccccc2)CC1)Cc1ccc(O)cc1. The lowest BCUT2D eigenvalue weighted by Crippen LogP contribution is -2.40. The molecule has 3 aromatic rings. The van der Waals surface area contributed by atoms with Crippen LogP contribution in [-0.2, 0) is 20.9 Å². The first kappa shape index (κ1) is 33.5. The topological polar surface area (TPSA) is 137 Å². The summed E-state index contributed by atoms with van der Waals surface area (Å²) in [5, 5.41) is 15.4. The van der Waals surface area contributed by atoms with Gasteiger partial charge in [0.15, 0.2) is 0 Å². The molecule has 0 aliphatic carbocycles. The molecule has 1 saturated heterocycles. The number of nitrogens with zero attached hydrogens (tertiary/aromatic N) is 2. The van der Waals surface area contributed by atoms with E-state index in [1.807, 2.05) is 54.6 Å². The maximum absolute atomic E-state index is 12.7. The number of likely N-dealkylation sites (tertiary alicyclic amines) is 1. The van der Waals surface area contributed by atoms with E-state index in [0.29, 0.717) is 38.3 Å². The number of phenolic OH excluding ortho intramolecular Hbond substituents is 1. The second kappa shape index (κ2) is 17.8. The number of aromatic hydroxyl groups is 1. The van der Waals surface area contributed by atoms with E-state index < -0.39 is 6.09 Å². The zero-order valence-corrected chi connectivity index (χ0v) is 25.8. The van der Waals surface area contributed by atoms with Crippen molar-refractivity contribution in [2.24, 2.45) is 5.73 Å². The maximum atomic E-state index is 12.7. The molecule has 0 atom stereocenters. The van der Waals surface area contributed by atoms with Crippen LogP contribution in [0.2, 0.25) is 0 Å². The highest BCUT2D eigenvalue weighted by molar-refractivity contribution is 5.91. The van der Waals surface area contributed by atoms with Crippen molar-refractivity contribution in [2.45, 2.75) is 51.2 Å². The molecule has 0 spiro atoms. The van der Waals surface area contributed by atoms with E-state index >= 15 is 0 Å². The van der Waals surface area contributed by atoms with Gasteiger partial charge < -0.3 is 30.7 Å². The summed E-state index contributed by atoms with van der Waals surface area (Å²) in [6.45, 7) is 3.81. The number of carbonyl (C=O) groups is 3. The third-order valence-electron chi connectivity index (χ3n) is 7.98. The van der Waals surface area contributed by atoms with Crippen LogP contribution in [0.1, 0.15) is 44.1 Å². The molecule has 10 heteroatoms. The van der Waals surface area contributed by atoms with E-state index in [9.17, 15) is 19.5 Å². The fourth-order valence-electron chi connectivity index (χ4n) is 5.43. The molecule has 3 aromatic carbocycles. The van der Waals surface area contributed by atoms with Gasteiger partial charge in [0.2, 0.25) is 11.8 Å². The average Bonchev–Trinajstić information content (AvgIpc) is 3.06. The molecular weight excluding hydrogens is 570 g/mol. The molecule has 4 rings (SSSR count). The minimum Gasteiger partial charge on any atom is -0.508 e. The number of unbranched alkanes of at least 4 members (excludes halogenated alkanes) is 2. The Morgan fingerprint density at radius 2 is 1.62 bits per heavy atom. The number of para-hydroxylation sites is 1. The number of phenols is 1. The molecule has 240 valence electrons. The van der Waals surface area contributed by atoms with Gasteiger partial charge in [-0.25, -0.2) is 4.79 Å². The van der Waals surface area contributed by atoms with Gasteiger partial charge >= 0.3 is 6.09 Å². The number of benzene rings is 3. The van der Waals surface area contributed by atoms with Gasteiger partial charge in [0.25, 0.3) is 0 Å². The first-order valence-corrected chi connectivity index (χ1v) is 15.8. The number of rotatable bonds is 15. The van der Waals surface area contributed by atoms with Crippen molar-refractivity contribution in [1.29, 1.82) is 0 Å². The molecule has 0 unspecified atom stereocenters. The van der Waals surface area contributed by atoms with Crippen LogP contribution >= 0.6 is 0 Å². The van der Waals surface area contributed by atoms with Gasteiger partial charge in [-0.2, -0.15) is 0 Å². The Morgan fingerprint density at radius 3 is 2.36 bits per heavy atom. The standard InChI is InChI=1S/C35H45N5O5/c36-25-34(43)40(26-27-13-15-29(41)16-14-27)21-8-2-7-20-37-33(42)19-24-39-22-17-30(18-23-39)45-35(44)38-32-12-6-5-11-31(32)28-9-3-1-4-10-28/h1,3-6,9-16,30,41H,2,7-8,17-26,36H2,(H,37,42)(H,38,44). The number of piperidine rings is 1. The molecule has 3 amide bonds. The van der Waals surface area contributed by atoms with Gasteiger partial charge in [-0.15, -0.1) is 0 Å². The van der Waals surface area contributed by atoms with Crippen molar-refractivity contribution in [2.75, 3.05) is 44.6 Å². The lowest BCUT2D eigenvalue weighted by molar-refractivity contribution is -0.130. The van der Waals surface area contributed by atoms with E-state index in [1.54, 1.807) is 29.2 Å². The molecule has 1 aliphatic heterocycles. The summed E-state index contributed by atoms with van der Waals surface area (Å²) in [6.07, 6.45) is 3.79. The van der Waals surface area contributed by atoms with Crippen LogP contribution < -0.4 is 16.4 Å². The Bertz CT molecular complexity index is 1360. The fourth-order valence-corrected chi connectivity index (χ4v) is 5.43. The summed E-state index contributed by atoms with van der Waals surface area (Å²) in [7, 11) is 0. The maximum Gasteiger partial charge on any atom is 0.411 e. The van der Waals surface area contributed by atoms with Crippen LogP contribution in [0.15, 0.2) is 78.9 Å². The van der Waals surface area contributed by atoms with Crippen molar-refractivity contribution in [3.8, 4) is 16.9 Å². The highest BCUT2D eigenvalue weighted by Gasteiger charge is 2.23. The monoisotopic (exact) mass is 615 g/mol. The Hall–Kier alpha value is -4.41. The van der Waals surface area contributed by atoms with Crippen molar-refractivity contribution >= 4 is 23.6 Å². The highest BCUT2D eigenvalue weighted by atomic mass is 16.6. The molecule has 5 N–H and O–H groups in total. The largest absolute Gasteiger partial charge is 0.508 e. The number of anilines is 1. The van der Waals surface area contributed by atoms with Crippen LogP contribution in [0, 0.1) is 0 Å². The normalized spacial score (nSPS) is 13.6. The van der Waals surface area contributed by atoms with E-state index in [0.717, 1.165) is 61.9 Å². The Balaban J connectivity index is 1.06. The molecule has 45 heavy (non-hydrogen) atoms. The lowest BCUT2D eigenvalue weighted by Gasteiger charge is -2.31. The molecular formula is C35H45N5O5. The quantitative estimate of drug-likeness (QED) is 0.181. The fraction of sp³-hybridized carbons (Fsp3) is 0.400. The second-order valence-corrected chi connectivity index (χ2v) is 11.3. The molecule has 0 bridgehead atoms. The van der Waals surface area contributed by atoms with Gasteiger partial charge in [-0.05, 0) is 61.4 Å². The predicted molar refractivity (Wildman–Crippen MR) is 175 cm³/mol. The summed E-state index contributed by atoms with van der Waals surface area (Å²) >= 11 is 0. The number of ether oxygens (including phenoxy) is 1. The van der Waals surface area contributed by atoms with E-state index in [4.69, 9.17) is 10.5 Å². The zero-order valence-electron chi connectivity index (χ0n) is 25.8. The summed E-state index contributed by atoms with van der Waals surface area (Å²) < 4.78 is 5.72. The minimum absolute atomic E-state index is 0.0251. The Kier molecular flexibility index (Phi) is 13.2. The van der Waals surface area contributed by atoms with Crippen LogP contribution in [0.4, 0.5) is 10.5 Å². The Morgan fingerprint density at radius 1 is 0.911 bits per heavy atom. The predicted octanol–water partition coefficient (Wildman–Crippen LogP) is 4.74. The number of carbonyl (C=O) groups excluding carboxylic acids is 3. The van der Waals surface area contributed by atoms with Crippen molar-refractivity contribution in [3.63, 3.8) is 0 Å². The summed E-state index contributed by atoms with van der Waals surface area (Å²) in [5.41, 5.74) is 9.20. The third kappa shape index (κ3) is 11.2. The van der Waals surface area contributed by atoms with Crippen molar-refractivity contribution < 1.29 is 24.2 Å². The number of nitrogens with two attached hydrogens (primary N) is 1. The van der Waals surface area contributed by atoms with Gasteiger partial charge in [0.05, 0.1) is 12.2 Å². The third-order valence-corrected chi connectivity index (χ3v) is 7.98. The van der Waals surface area contributed by atoms with E-state index in [2.05, 4.69) is 15.5 Å². The molecule has 1 aliphatic rings. The number of hydrogen-bond donors (Lipinski definition) is 4. The first-order chi connectivity index (χ1) is 21.9. The highest BCUT2D eigenvalue weighted by Crippen LogP contribution is 2.28. The van der Waals surface area contributed by atoms with Crippen LogP contribution in [0.3, 0.4) is 0 Å². The Labute approximate surface area is 265 Å². The number of amides is 3. The van der Waals surface area contributed by atoms with Gasteiger partial charge in [0, 0.05) is 51.3 Å². The van der Waals surface area contributed by atoms with Crippen LogP contribution in [0.5, 0.6) is 5.75 Å². The van der Waals surface area contributed by atoms with E-state index in [1.165, 1.54) is 0 Å². The molecule has 0 saturated carbocycles. The first-order valence-electron chi connectivity index (χ1n) is 15.8. The molecule has 1 fully saturated rings. The van der Waals surface area contributed by atoms with Crippen LogP contribution in [-0.4, -0.2) is 78.2 Å². The summed E-state index contributed by atoms with van der Waals surface area (Å²) in [6, 6.07) is 24.4. The zero-order chi connectivity index (χ0) is 31.9. The number of hydrogen-bond acceptors (Lipinski definition) is 7. The lowest BCUT2D eigenvalue weighted by atomic mass is 10.0. The van der Waals surface area contributed by atoms with Crippen molar-refractivity contribution in [1.82, 2.24) is 15.1 Å². The summed E-state index contributed by atoms with van der Waals surface area (Å²) in [4.78, 5) is 41.3. The molecule has 10 nitrogen and oxygen atoms in total. The summed E-state index contributed by atoms with van der Waals surface area (Å²) in [5.74, 6) is 0.104. The smallest absolute Gasteiger partial charge is 0.411 e.